The third kappa shape index (κ3) is 4.85. The summed E-state index contributed by atoms with van der Waals surface area (Å²) in [5.41, 5.74) is 2.36. The molecule has 0 saturated heterocycles. The van der Waals surface area contributed by atoms with Gasteiger partial charge >= 0.3 is 5.97 Å². The van der Waals surface area contributed by atoms with E-state index in [-0.39, 0.29) is 12.0 Å². The fourth-order valence-corrected chi connectivity index (χ4v) is 2.17. The SMILES string of the molecule is CCNC(CN(CC)c1cccc(C)c1)C(=O)OCC. The number of nitrogens with one attached hydrogen (secondary N) is 1. The summed E-state index contributed by atoms with van der Waals surface area (Å²) in [6.45, 7) is 10.6. The van der Waals surface area contributed by atoms with Gasteiger partial charge in [0.15, 0.2) is 0 Å². The quantitative estimate of drug-likeness (QED) is 0.741. The molecular weight excluding hydrogens is 252 g/mol. The lowest BCUT2D eigenvalue weighted by molar-refractivity contribution is -0.145. The van der Waals surface area contributed by atoms with Crippen molar-refractivity contribution in [1.29, 1.82) is 0 Å². The molecule has 4 nitrogen and oxygen atoms in total. The van der Waals surface area contributed by atoms with Gasteiger partial charge in [-0.25, -0.2) is 0 Å². The van der Waals surface area contributed by atoms with Crippen molar-refractivity contribution in [3.05, 3.63) is 29.8 Å². The van der Waals surface area contributed by atoms with Crippen LogP contribution in [-0.2, 0) is 9.53 Å². The summed E-state index contributed by atoms with van der Waals surface area (Å²) < 4.78 is 5.13. The number of carbonyl (C=O) groups excluding carboxylic acids is 1. The summed E-state index contributed by atoms with van der Waals surface area (Å²) in [7, 11) is 0. The molecule has 1 aromatic carbocycles. The van der Waals surface area contributed by atoms with Crippen LogP contribution in [0.25, 0.3) is 0 Å². The van der Waals surface area contributed by atoms with Crippen LogP contribution >= 0.6 is 0 Å². The Morgan fingerprint density at radius 1 is 1.35 bits per heavy atom. The Labute approximate surface area is 122 Å². The molecule has 0 aliphatic carbocycles. The summed E-state index contributed by atoms with van der Waals surface area (Å²) in [4.78, 5) is 14.2. The van der Waals surface area contributed by atoms with Crippen LogP contribution in [0.3, 0.4) is 0 Å². The highest BCUT2D eigenvalue weighted by Crippen LogP contribution is 2.16. The minimum atomic E-state index is -0.291. The first-order valence-corrected chi connectivity index (χ1v) is 7.33. The maximum atomic E-state index is 12.0. The van der Waals surface area contributed by atoms with Gasteiger partial charge in [0.1, 0.15) is 6.04 Å². The molecule has 0 aliphatic heterocycles. The van der Waals surface area contributed by atoms with Gasteiger partial charge in [-0.3, -0.25) is 4.79 Å². The van der Waals surface area contributed by atoms with E-state index in [0.29, 0.717) is 13.2 Å². The predicted molar refractivity (Wildman–Crippen MR) is 83.2 cm³/mol. The Hall–Kier alpha value is -1.55. The van der Waals surface area contributed by atoms with Gasteiger partial charge in [0, 0.05) is 18.8 Å². The van der Waals surface area contributed by atoms with E-state index in [1.807, 2.05) is 19.9 Å². The normalized spacial score (nSPS) is 12.0. The Balaban J connectivity index is 2.80. The van der Waals surface area contributed by atoms with Crippen molar-refractivity contribution >= 4 is 11.7 Å². The number of esters is 1. The number of likely N-dealkylation sites (N-methyl/N-ethyl adjacent to an activating group) is 2. The summed E-state index contributed by atoms with van der Waals surface area (Å²) in [5.74, 6) is -0.180. The van der Waals surface area contributed by atoms with E-state index in [2.05, 4.69) is 42.3 Å². The molecule has 0 fully saturated rings. The smallest absolute Gasteiger partial charge is 0.324 e. The summed E-state index contributed by atoms with van der Waals surface area (Å²) in [6.07, 6.45) is 0. The van der Waals surface area contributed by atoms with Gasteiger partial charge in [-0.1, -0.05) is 19.1 Å². The molecule has 1 atom stereocenters. The zero-order valence-corrected chi connectivity index (χ0v) is 13.0. The van der Waals surface area contributed by atoms with E-state index < -0.39 is 0 Å². The van der Waals surface area contributed by atoms with Crippen LogP contribution in [0.1, 0.15) is 26.3 Å². The minimum absolute atomic E-state index is 0.180. The molecule has 4 heteroatoms. The Bertz CT molecular complexity index is 421. The standard InChI is InChI=1S/C16H26N2O2/c1-5-17-15(16(19)20-7-3)12-18(6-2)14-10-8-9-13(4)11-14/h8-11,15,17H,5-7,12H2,1-4H3. The number of nitrogens with zero attached hydrogens (tertiary/aromatic N) is 1. The van der Waals surface area contributed by atoms with Crippen molar-refractivity contribution in [3.8, 4) is 0 Å². The second kappa shape index (κ2) is 8.59. The fraction of sp³-hybridized carbons (Fsp3) is 0.562. The first kappa shape index (κ1) is 16.5. The average molecular weight is 278 g/mol. The van der Waals surface area contributed by atoms with E-state index in [9.17, 15) is 4.79 Å². The van der Waals surface area contributed by atoms with E-state index in [4.69, 9.17) is 4.74 Å². The molecular formula is C16H26N2O2. The van der Waals surface area contributed by atoms with Gasteiger partial charge in [0.05, 0.1) is 6.61 Å². The van der Waals surface area contributed by atoms with Crippen molar-refractivity contribution < 1.29 is 9.53 Å². The molecule has 0 radical (unpaired) electrons. The third-order valence-electron chi connectivity index (χ3n) is 3.17. The van der Waals surface area contributed by atoms with Crippen molar-refractivity contribution in [3.63, 3.8) is 0 Å². The summed E-state index contributed by atoms with van der Waals surface area (Å²) in [6, 6.07) is 8.03. The maximum absolute atomic E-state index is 12.0. The summed E-state index contributed by atoms with van der Waals surface area (Å²) >= 11 is 0. The van der Waals surface area contributed by atoms with Gasteiger partial charge in [-0.2, -0.15) is 0 Å². The van der Waals surface area contributed by atoms with E-state index in [1.54, 1.807) is 0 Å². The fourth-order valence-electron chi connectivity index (χ4n) is 2.17. The molecule has 1 unspecified atom stereocenters. The van der Waals surface area contributed by atoms with Crippen molar-refractivity contribution in [1.82, 2.24) is 5.32 Å². The van der Waals surface area contributed by atoms with Crippen molar-refractivity contribution in [2.24, 2.45) is 0 Å². The maximum Gasteiger partial charge on any atom is 0.324 e. The van der Waals surface area contributed by atoms with E-state index >= 15 is 0 Å². The zero-order valence-electron chi connectivity index (χ0n) is 13.0. The van der Waals surface area contributed by atoms with Crippen molar-refractivity contribution in [2.45, 2.75) is 33.7 Å². The highest BCUT2D eigenvalue weighted by atomic mass is 16.5. The molecule has 0 aromatic heterocycles. The molecule has 1 aromatic rings. The van der Waals surface area contributed by atoms with Crippen LogP contribution in [0, 0.1) is 6.92 Å². The molecule has 1 rings (SSSR count). The van der Waals surface area contributed by atoms with Crippen LogP contribution in [0.15, 0.2) is 24.3 Å². The lowest BCUT2D eigenvalue weighted by Gasteiger charge is -2.28. The number of hydrogen-bond acceptors (Lipinski definition) is 4. The minimum Gasteiger partial charge on any atom is -0.465 e. The van der Waals surface area contributed by atoms with Crippen LogP contribution in [0.2, 0.25) is 0 Å². The molecule has 0 heterocycles. The summed E-state index contributed by atoms with van der Waals surface area (Å²) in [5, 5.41) is 3.20. The first-order chi connectivity index (χ1) is 9.62. The molecule has 0 aliphatic rings. The Morgan fingerprint density at radius 2 is 2.10 bits per heavy atom. The zero-order chi connectivity index (χ0) is 15.0. The molecule has 1 N–H and O–H groups in total. The number of rotatable bonds is 8. The number of benzene rings is 1. The topological polar surface area (TPSA) is 41.6 Å². The molecule has 112 valence electrons. The number of anilines is 1. The Morgan fingerprint density at radius 3 is 2.65 bits per heavy atom. The van der Waals surface area contributed by atoms with Crippen LogP contribution < -0.4 is 10.2 Å². The van der Waals surface area contributed by atoms with Crippen LogP contribution in [-0.4, -0.2) is 38.3 Å². The van der Waals surface area contributed by atoms with Crippen molar-refractivity contribution in [2.75, 3.05) is 31.1 Å². The second-order valence-corrected chi connectivity index (χ2v) is 4.74. The number of carbonyl (C=O) groups is 1. The predicted octanol–water partition coefficient (Wildman–Crippen LogP) is 2.36. The highest BCUT2D eigenvalue weighted by Gasteiger charge is 2.21. The van der Waals surface area contributed by atoms with Gasteiger partial charge in [-0.15, -0.1) is 0 Å². The molecule has 0 bridgehead atoms. The van der Waals surface area contributed by atoms with E-state index in [0.717, 1.165) is 18.8 Å². The lowest BCUT2D eigenvalue weighted by Crippen LogP contribution is -2.47. The van der Waals surface area contributed by atoms with Gasteiger partial charge < -0.3 is 15.0 Å². The number of ether oxygens (including phenoxy) is 1. The lowest BCUT2D eigenvalue weighted by atomic mass is 10.2. The van der Waals surface area contributed by atoms with Gasteiger partial charge in [-0.05, 0) is 45.0 Å². The van der Waals surface area contributed by atoms with E-state index in [1.165, 1.54) is 5.56 Å². The third-order valence-corrected chi connectivity index (χ3v) is 3.17. The largest absolute Gasteiger partial charge is 0.465 e. The monoisotopic (exact) mass is 278 g/mol. The highest BCUT2D eigenvalue weighted by molar-refractivity contribution is 5.76. The molecule has 0 saturated carbocycles. The Kier molecular flexibility index (Phi) is 7.09. The van der Waals surface area contributed by atoms with Crippen LogP contribution in [0.4, 0.5) is 5.69 Å². The van der Waals surface area contributed by atoms with Crippen LogP contribution in [0.5, 0.6) is 0 Å². The number of aryl methyl sites for hydroxylation is 1. The molecule has 0 amide bonds. The first-order valence-electron chi connectivity index (χ1n) is 7.33. The molecule has 0 spiro atoms. The number of hydrogen-bond donors (Lipinski definition) is 1. The van der Waals surface area contributed by atoms with Gasteiger partial charge in [0.2, 0.25) is 0 Å². The second-order valence-electron chi connectivity index (χ2n) is 4.74. The average Bonchev–Trinajstić information content (AvgIpc) is 2.43. The van der Waals surface area contributed by atoms with Gasteiger partial charge in [0.25, 0.3) is 0 Å². The molecule has 20 heavy (non-hydrogen) atoms.